The highest BCUT2D eigenvalue weighted by atomic mass is 19.1. The lowest BCUT2D eigenvalue weighted by Gasteiger charge is -2.24. The Morgan fingerprint density at radius 2 is 2.22 bits per heavy atom. The molecule has 0 aromatic heterocycles. The molecule has 2 fully saturated rings. The van der Waals surface area contributed by atoms with Crippen LogP contribution >= 0.6 is 0 Å². The number of hydrogen-bond acceptors (Lipinski definition) is 1. The Kier molecular flexibility index (Phi) is 3.38. The third-order valence-corrected chi connectivity index (χ3v) is 4.92. The fourth-order valence-corrected chi connectivity index (χ4v) is 3.85. The smallest absolute Gasteiger partial charge is 0.123 e. The van der Waals surface area contributed by atoms with Gasteiger partial charge in [-0.3, -0.25) is 0 Å². The van der Waals surface area contributed by atoms with Crippen molar-refractivity contribution in [1.82, 2.24) is 5.32 Å². The number of benzene rings is 1. The zero-order valence-corrected chi connectivity index (χ0v) is 11.0. The van der Waals surface area contributed by atoms with Gasteiger partial charge in [-0.25, -0.2) is 4.39 Å². The van der Waals surface area contributed by atoms with Crippen molar-refractivity contribution in [1.29, 1.82) is 0 Å². The minimum Gasteiger partial charge on any atom is -0.310 e. The number of nitrogens with one attached hydrogen (secondary N) is 1. The van der Waals surface area contributed by atoms with Crippen molar-refractivity contribution in [3.8, 4) is 0 Å². The van der Waals surface area contributed by atoms with E-state index in [4.69, 9.17) is 0 Å². The highest BCUT2D eigenvalue weighted by Gasteiger charge is 2.39. The average Bonchev–Trinajstić information content (AvgIpc) is 2.98. The van der Waals surface area contributed by atoms with Gasteiger partial charge in [0.1, 0.15) is 5.82 Å². The van der Waals surface area contributed by atoms with E-state index in [9.17, 15) is 4.39 Å². The van der Waals surface area contributed by atoms with Crippen LogP contribution in [-0.4, -0.2) is 6.54 Å². The van der Waals surface area contributed by atoms with E-state index in [1.165, 1.54) is 31.7 Å². The van der Waals surface area contributed by atoms with Crippen LogP contribution < -0.4 is 5.32 Å². The summed E-state index contributed by atoms with van der Waals surface area (Å²) < 4.78 is 13.2. The van der Waals surface area contributed by atoms with Gasteiger partial charge >= 0.3 is 0 Å². The molecule has 0 aliphatic heterocycles. The largest absolute Gasteiger partial charge is 0.310 e. The molecule has 1 aromatic carbocycles. The predicted octanol–water partition coefficient (Wildman–Crippen LogP) is 3.91. The highest BCUT2D eigenvalue weighted by molar-refractivity contribution is 5.19. The summed E-state index contributed by atoms with van der Waals surface area (Å²) in [6, 6.07) is 7.19. The third kappa shape index (κ3) is 2.44. The first-order valence-corrected chi connectivity index (χ1v) is 7.21. The predicted molar refractivity (Wildman–Crippen MR) is 71.8 cm³/mol. The summed E-state index contributed by atoms with van der Waals surface area (Å²) in [5, 5.41) is 3.59. The summed E-state index contributed by atoms with van der Waals surface area (Å²) in [4.78, 5) is 0. The van der Waals surface area contributed by atoms with E-state index in [2.05, 4.69) is 12.2 Å². The molecule has 0 spiro atoms. The van der Waals surface area contributed by atoms with Crippen molar-refractivity contribution in [2.45, 2.75) is 38.6 Å². The second-order valence-corrected chi connectivity index (χ2v) is 6.12. The summed E-state index contributed by atoms with van der Waals surface area (Å²) in [5.74, 6) is 2.69. The van der Waals surface area contributed by atoms with E-state index in [1.54, 1.807) is 12.1 Å². The second-order valence-electron chi connectivity index (χ2n) is 6.12. The number of halogens is 1. The van der Waals surface area contributed by atoms with Gasteiger partial charge in [0.2, 0.25) is 0 Å². The standard InChI is InChI=1S/C16H22FN/c1-11(13-3-2-4-16(17)9-13)18-10-15-8-12-5-6-14(15)7-12/h2-4,9,11-12,14-15,18H,5-8,10H2,1H3. The quantitative estimate of drug-likeness (QED) is 0.850. The first kappa shape index (κ1) is 12.2. The van der Waals surface area contributed by atoms with E-state index in [0.717, 1.165) is 29.9 Å². The maximum Gasteiger partial charge on any atom is 0.123 e. The van der Waals surface area contributed by atoms with Gasteiger partial charge in [0.05, 0.1) is 0 Å². The van der Waals surface area contributed by atoms with E-state index in [0.29, 0.717) is 0 Å². The molecule has 2 heteroatoms. The summed E-state index contributed by atoms with van der Waals surface area (Å²) in [6.45, 7) is 3.22. The zero-order chi connectivity index (χ0) is 12.5. The monoisotopic (exact) mass is 247 g/mol. The van der Waals surface area contributed by atoms with Crippen LogP contribution in [0.15, 0.2) is 24.3 Å². The van der Waals surface area contributed by atoms with Gasteiger partial charge in [0.15, 0.2) is 0 Å². The molecule has 1 aromatic rings. The minimum atomic E-state index is -0.138. The van der Waals surface area contributed by atoms with E-state index < -0.39 is 0 Å². The van der Waals surface area contributed by atoms with Crippen LogP contribution in [0, 0.1) is 23.6 Å². The van der Waals surface area contributed by atoms with Gasteiger partial charge in [-0.05, 0) is 68.2 Å². The zero-order valence-electron chi connectivity index (χ0n) is 11.0. The van der Waals surface area contributed by atoms with Crippen LogP contribution in [0.3, 0.4) is 0 Å². The lowest BCUT2D eigenvalue weighted by atomic mass is 9.88. The summed E-state index contributed by atoms with van der Waals surface area (Å²) >= 11 is 0. The van der Waals surface area contributed by atoms with Crippen molar-refractivity contribution in [3.63, 3.8) is 0 Å². The summed E-state index contributed by atoms with van der Waals surface area (Å²) in [7, 11) is 0. The molecular formula is C16H22FN. The molecule has 0 amide bonds. The van der Waals surface area contributed by atoms with Crippen LogP contribution in [0.5, 0.6) is 0 Å². The number of hydrogen-bond donors (Lipinski definition) is 1. The first-order chi connectivity index (χ1) is 8.72. The molecule has 18 heavy (non-hydrogen) atoms. The second kappa shape index (κ2) is 5.00. The Bertz CT molecular complexity index is 417. The van der Waals surface area contributed by atoms with Crippen LogP contribution in [0.2, 0.25) is 0 Å². The molecule has 2 bridgehead atoms. The molecule has 0 radical (unpaired) electrons. The molecule has 4 unspecified atom stereocenters. The Morgan fingerprint density at radius 3 is 2.89 bits per heavy atom. The first-order valence-electron chi connectivity index (χ1n) is 7.21. The minimum absolute atomic E-state index is 0.138. The van der Waals surface area contributed by atoms with E-state index >= 15 is 0 Å². The molecule has 1 nitrogen and oxygen atoms in total. The molecule has 1 N–H and O–H groups in total. The molecule has 4 atom stereocenters. The van der Waals surface area contributed by atoms with Crippen molar-refractivity contribution in [2.75, 3.05) is 6.54 Å². The van der Waals surface area contributed by atoms with Crippen LogP contribution in [0.4, 0.5) is 4.39 Å². The van der Waals surface area contributed by atoms with Crippen LogP contribution in [0.1, 0.15) is 44.2 Å². The van der Waals surface area contributed by atoms with Gasteiger partial charge in [0, 0.05) is 6.04 Å². The van der Waals surface area contributed by atoms with E-state index in [1.807, 2.05) is 6.07 Å². The van der Waals surface area contributed by atoms with Crippen molar-refractivity contribution >= 4 is 0 Å². The van der Waals surface area contributed by atoms with Gasteiger partial charge in [-0.15, -0.1) is 0 Å². The topological polar surface area (TPSA) is 12.0 Å². The van der Waals surface area contributed by atoms with Gasteiger partial charge in [-0.1, -0.05) is 18.6 Å². The molecule has 0 heterocycles. The Balaban J connectivity index is 1.54. The fraction of sp³-hybridized carbons (Fsp3) is 0.625. The van der Waals surface area contributed by atoms with Gasteiger partial charge in [0.25, 0.3) is 0 Å². The molecule has 3 rings (SSSR count). The highest BCUT2D eigenvalue weighted by Crippen LogP contribution is 2.48. The normalized spacial score (nSPS) is 31.8. The van der Waals surface area contributed by atoms with Crippen LogP contribution in [-0.2, 0) is 0 Å². The third-order valence-electron chi connectivity index (χ3n) is 4.92. The molecule has 2 saturated carbocycles. The van der Waals surface area contributed by atoms with Crippen molar-refractivity contribution in [2.24, 2.45) is 17.8 Å². The molecule has 98 valence electrons. The van der Waals surface area contributed by atoms with Crippen LogP contribution in [0.25, 0.3) is 0 Å². The molecule has 0 saturated heterocycles. The summed E-state index contributed by atoms with van der Waals surface area (Å²) in [5.41, 5.74) is 1.05. The Labute approximate surface area is 109 Å². The lowest BCUT2D eigenvalue weighted by molar-refractivity contribution is 0.309. The maximum absolute atomic E-state index is 13.2. The molecule has 2 aliphatic carbocycles. The maximum atomic E-state index is 13.2. The Hall–Kier alpha value is -0.890. The van der Waals surface area contributed by atoms with Gasteiger partial charge in [-0.2, -0.15) is 0 Å². The Morgan fingerprint density at radius 1 is 1.33 bits per heavy atom. The van der Waals surface area contributed by atoms with Crippen molar-refractivity contribution < 1.29 is 4.39 Å². The lowest BCUT2D eigenvalue weighted by Crippen LogP contribution is -2.28. The number of rotatable bonds is 4. The van der Waals surface area contributed by atoms with Crippen molar-refractivity contribution in [3.05, 3.63) is 35.6 Å². The molecule has 2 aliphatic rings. The molecular weight excluding hydrogens is 225 g/mol. The average molecular weight is 247 g/mol. The summed E-state index contributed by atoms with van der Waals surface area (Å²) in [6.07, 6.45) is 5.76. The SMILES string of the molecule is CC(NCC1CC2CCC1C2)c1cccc(F)c1. The van der Waals surface area contributed by atoms with E-state index in [-0.39, 0.29) is 11.9 Å². The number of fused-ring (bicyclic) bond motifs is 2. The van der Waals surface area contributed by atoms with Gasteiger partial charge < -0.3 is 5.32 Å². The fourth-order valence-electron chi connectivity index (χ4n) is 3.85.